The molecule has 2 heterocycles. The van der Waals surface area contributed by atoms with Gasteiger partial charge in [0.25, 0.3) is 5.91 Å². The maximum absolute atomic E-state index is 12.6. The molecule has 4 bridgehead atoms. The van der Waals surface area contributed by atoms with Gasteiger partial charge >= 0.3 is 0 Å². The number of carbonyl (C=O) groups is 1. The lowest BCUT2D eigenvalue weighted by Crippen LogP contribution is -2.48. The van der Waals surface area contributed by atoms with Crippen LogP contribution in [0, 0.1) is 17.8 Å². The third-order valence-corrected chi connectivity index (χ3v) is 8.01. The van der Waals surface area contributed by atoms with Crippen molar-refractivity contribution in [2.75, 3.05) is 25.6 Å². The summed E-state index contributed by atoms with van der Waals surface area (Å²) >= 11 is 1.57. The number of methoxy groups -OCH3 is 1. The van der Waals surface area contributed by atoms with E-state index in [4.69, 9.17) is 9.47 Å². The maximum atomic E-state index is 12.6. The number of anilines is 1. The van der Waals surface area contributed by atoms with E-state index in [0.717, 1.165) is 22.8 Å². The molecule has 6 rings (SSSR count). The third-order valence-electron chi connectivity index (χ3n) is 6.93. The number of rotatable bonds is 4. The molecule has 6 nitrogen and oxygen atoms in total. The summed E-state index contributed by atoms with van der Waals surface area (Å²) < 4.78 is 10.8. The summed E-state index contributed by atoms with van der Waals surface area (Å²) in [5.74, 6) is 2.46. The molecule has 136 valence electrons. The van der Waals surface area contributed by atoms with Crippen LogP contribution in [0.4, 0.5) is 5.13 Å². The van der Waals surface area contributed by atoms with Crippen LogP contribution in [0.2, 0.25) is 0 Å². The van der Waals surface area contributed by atoms with Crippen LogP contribution in [0.3, 0.4) is 0 Å². The second-order valence-electron chi connectivity index (χ2n) is 8.57. The first-order valence-corrected chi connectivity index (χ1v) is 10.2. The lowest BCUT2D eigenvalue weighted by atomic mass is 9.50. The molecule has 4 saturated carbocycles. The highest BCUT2D eigenvalue weighted by Crippen LogP contribution is 2.61. The number of nitrogens with zero attached hydrogens (tertiary/aromatic N) is 2. The van der Waals surface area contributed by atoms with E-state index in [2.05, 4.69) is 15.5 Å². The van der Waals surface area contributed by atoms with Gasteiger partial charge < -0.3 is 9.47 Å². The van der Waals surface area contributed by atoms with Gasteiger partial charge in [0.05, 0.1) is 13.2 Å². The van der Waals surface area contributed by atoms with Crippen LogP contribution in [-0.2, 0) is 19.7 Å². The van der Waals surface area contributed by atoms with E-state index >= 15 is 0 Å². The Labute approximate surface area is 151 Å². The van der Waals surface area contributed by atoms with Gasteiger partial charge in [-0.3, -0.25) is 10.1 Å². The van der Waals surface area contributed by atoms with Gasteiger partial charge in [0.15, 0.2) is 5.60 Å². The molecule has 1 aromatic heterocycles. The molecule has 1 N–H and O–H groups in total. The van der Waals surface area contributed by atoms with E-state index in [0.29, 0.717) is 24.8 Å². The Balaban J connectivity index is 1.35. The third kappa shape index (κ3) is 2.54. The minimum atomic E-state index is -0.882. The van der Waals surface area contributed by atoms with Crippen LogP contribution >= 0.6 is 11.3 Å². The van der Waals surface area contributed by atoms with Gasteiger partial charge in [-0.1, -0.05) is 11.3 Å². The highest BCUT2D eigenvalue weighted by atomic mass is 32.1. The molecule has 1 unspecified atom stereocenters. The SMILES string of the molecule is COC1(C(=O)Nc2nnc(C34CC5CC(CC(C5)C3)C4)s2)CCOC1. The van der Waals surface area contributed by atoms with Crippen LogP contribution in [0.1, 0.15) is 50.0 Å². The first-order chi connectivity index (χ1) is 12.1. The fourth-order valence-corrected chi connectivity index (χ4v) is 7.01. The fourth-order valence-electron chi connectivity index (χ4n) is 6.05. The number of ether oxygens (including phenoxy) is 2. The number of hydrogen-bond acceptors (Lipinski definition) is 6. The highest BCUT2D eigenvalue weighted by molar-refractivity contribution is 7.15. The molecule has 25 heavy (non-hydrogen) atoms. The van der Waals surface area contributed by atoms with Gasteiger partial charge in [-0.25, -0.2) is 0 Å². The Morgan fingerprint density at radius 3 is 2.44 bits per heavy atom. The second kappa shape index (κ2) is 5.72. The molecule has 5 aliphatic rings. The predicted octanol–water partition coefficient (Wildman–Crippen LogP) is 2.75. The van der Waals surface area contributed by atoms with Gasteiger partial charge in [0.1, 0.15) is 5.01 Å². The van der Waals surface area contributed by atoms with Crippen molar-refractivity contribution in [1.82, 2.24) is 10.2 Å². The van der Waals surface area contributed by atoms with Crippen molar-refractivity contribution in [2.24, 2.45) is 17.8 Å². The Hall–Kier alpha value is -1.05. The molecule has 1 aromatic rings. The maximum Gasteiger partial charge on any atom is 0.260 e. The van der Waals surface area contributed by atoms with Crippen molar-refractivity contribution in [1.29, 1.82) is 0 Å². The average molecular weight is 363 g/mol. The lowest BCUT2D eigenvalue weighted by molar-refractivity contribution is -0.137. The minimum Gasteiger partial charge on any atom is -0.378 e. The fraction of sp³-hybridized carbons (Fsp3) is 0.833. The van der Waals surface area contributed by atoms with Crippen molar-refractivity contribution >= 4 is 22.4 Å². The molecular weight excluding hydrogens is 338 g/mol. The molecule has 1 saturated heterocycles. The van der Waals surface area contributed by atoms with E-state index in [1.165, 1.54) is 38.5 Å². The van der Waals surface area contributed by atoms with Crippen molar-refractivity contribution in [3.05, 3.63) is 5.01 Å². The van der Waals surface area contributed by atoms with Crippen LogP contribution in [0.15, 0.2) is 0 Å². The molecule has 1 atom stereocenters. The molecule has 0 radical (unpaired) electrons. The van der Waals surface area contributed by atoms with E-state index in [-0.39, 0.29) is 11.3 Å². The Bertz CT molecular complexity index is 648. The van der Waals surface area contributed by atoms with E-state index in [9.17, 15) is 4.79 Å². The van der Waals surface area contributed by atoms with Crippen molar-refractivity contribution < 1.29 is 14.3 Å². The summed E-state index contributed by atoms with van der Waals surface area (Å²) in [7, 11) is 1.56. The summed E-state index contributed by atoms with van der Waals surface area (Å²) in [5.41, 5.74) is -0.655. The normalized spacial score (nSPS) is 42.0. The van der Waals surface area contributed by atoms with Gasteiger partial charge in [-0.2, -0.15) is 0 Å². The number of aromatic nitrogens is 2. The second-order valence-corrected chi connectivity index (χ2v) is 9.54. The Kier molecular flexibility index (Phi) is 3.70. The molecule has 5 fully saturated rings. The quantitative estimate of drug-likeness (QED) is 0.890. The van der Waals surface area contributed by atoms with Crippen molar-refractivity contribution in [3.8, 4) is 0 Å². The smallest absolute Gasteiger partial charge is 0.260 e. The number of hydrogen-bond donors (Lipinski definition) is 1. The molecule has 0 spiro atoms. The zero-order valence-electron chi connectivity index (χ0n) is 14.6. The summed E-state index contributed by atoms with van der Waals surface area (Å²) in [6.07, 6.45) is 8.61. The summed E-state index contributed by atoms with van der Waals surface area (Å²) in [6, 6.07) is 0. The van der Waals surface area contributed by atoms with E-state index < -0.39 is 5.60 Å². The largest absolute Gasteiger partial charge is 0.378 e. The topological polar surface area (TPSA) is 73.3 Å². The lowest BCUT2D eigenvalue weighted by Gasteiger charge is -2.55. The number of nitrogens with one attached hydrogen (secondary N) is 1. The molecule has 1 aliphatic heterocycles. The Morgan fingerprint density at radius 1 is 1.20 bits per heavy atom. The van der Waals surface area contributed by atoms with Crippen LogP contribution in [0.5, 0.6) is 0 Å². The van der Waals surface area contributed by atoms with Gasteiger partial charge in [0.2, 0.25) is 5.13 Å². The first-order valence-electron chi connectivity index (χ1n) is 9.39. The first kappa shape index (κ1) is 16.1. The van der Waals surface area contributed by atoms with Crippen LogP contribution in [-0.4, -0.2) is 42.0 Å². The molecular formula is C18H25N3O3S. The van der Waals surface area contributed by atoms with E-state index in [1.54, 1.807) is 18.4 Å². The summed E-state index contributed by atoms with van der Waals surface area (Å²) in [6.45, 7) is 0.853. The average Bonchev–Trinajstić information content (AvgIpc) is 3.23. The Morgan fingerprint density at radius 2 is 1.88 bits per heavy atom. The zero-order chi connectivity index (χ0) is 17.1. The number of amides is 1. The molecule has 7 heteroatoms. The van der Waals surface area contributed by atoms with E-state index in [1.807, 2.05) is 0 Å². The van der Waals surface area contributed by atoms with Crippen molar-refractivity contribution in [3.63, 3.8) is 0 Å². The summed E-state index contributed by atoms with van der Waals surface area (Å²) in [5, 5.41) is 13.5. The zero-order valence-corrected chi connectivity index (χ0v) is 15.4. The van der Waals surface area contributed by atoms with Gasteiger partial charge in [-0.05, 0) is 56.3 Å². The monoisotopic (exact) mass is 363 g/mol. The van der Waals surface area contributed by atoms with Crippen LogP contribution in [0.25, 0.3) is 0 Å². The van der Waals surface area contributed by atoms with Gasteiger partial charge in [-0.15, -0.1) is 10.2 Å². The summed E-state index contributed by atoms with van der Waals surface area (Å²) in [4.78, 5) is 12.6. The molecule has 0 aromatic carbocycles. The van der Waals surface area contributed by atoms with Crippen LogP contribution < -0.4 is 5.32 Å². The minimum absolute atomic E-state index is 0.166. The predicted molar refractivity (Wildman–Crippen MR) is 93.6 cm³/mol. The van der Waals surface area contributed by atoms with Gasteiger partial charge in [0, 0.05) is 18.9 Å². The highest BCUT2D eigenvalue weighted by Gasteiger charge is 2.53. The van der Waals surface area contributed by atoms with Crippen molar-refractivity contribution in [2.45, 2.75) is 56.0 Å². The standard InChI is InChI=1S/C18H25N3O3S/c1-23-18(2-3-24-10-18)14(22)19-16-21-20-15(25-16)17-7-11-4-12(8-17)6-13(5-11)9-17/h11-13H,2-10H2,1H3,(H,19,21,22). The molecule has 1 amide bonds. The molecule has 4 aliphatic carbocycles. The number of carbonyl (C=O) groups excluding carboxylic acids is 1.